The van der Waals surface area contributed by atoms with E-state index in [1.165, 1.54) is 37.4 Å². The SMILES string of the molecule is CCOC(=O)COc1c(Br)cc(C=C2SC(=NC3CCCCC3)N(C3CCCCC3)C2=O)cc1OCC. The van der Waals surface area contributed by atoms with Gasteiger partial charge in [-0.2, -0.15) is 0 Å². The second kappa shape index (κ2) is 13.7. The largest absolute Gasteiger partial charge is 0.490 e. The number of aliphatic imine (C=N–C) groups is 1. The van der Waals surface area contributed by atoms with E-state index in [0.717, 1.165) is 49.3 Å². The standard InChI is InChI=1S/C28H37BrN2O5S/c1-3-34-23-16-19(15-22(29)26(23)36-18-25(32)35-4-2)17-24-27(33)31(21-13-9-6-10-14-21)28(37-24)30-20-11-7-5-8-12-20/h15-17,20-21H,3-14,18H2,1-2H3. The first-order valence-electron chi connectivity index (χ1n) is 13.6. The van der Waals surface area contributed by atoms with Gasteiger partial charge in [-0.25, -0.2) is 4.79 Å². The van der Waals surface area contributed by atoms with Crippen LogP contribution in [0.5, 0.6) is 11.5 Å². The number of ether oxygens (including phenoxy) is 3. The Kier molecular flexibility index (Phi) is 10.4. The minimum Gasteiger partial charge on any atom is -0.490 e. The van der Waals surface area contributed by atoms with Crippen LogP contribution in [0.3, 0.4) is 0 Å². The maximum Gasteiger partial charge on any atom is 0.344 e. The van der Waals surface area contributed by atoms with Crippen LogP contribution in [0.15, 0.2) is 26.5 Å². The first-order chi connectivity index (χ1) is 18.0. The number of nitrogens with zero attached hydrogens (tertiary/aromatic N) is 2. The van der Waals surface area contributed by atoms with Crippen molar-refractivity contribution in [2.45, 2.75) is 90.1 Å². The first kappa shape index (κ1) is 28.0. The molecule has 202 valence electrons. The van der Waals surface area contributed by atoms with Gasteiger partial charge in [0.25, 0.3) is 5.91 Å². The molecule has 1 heterocycles. The van der Waals surface area contributed by atoms with Crippen LogP contribution in [-0.2, 0) is 14.3 Å². The first-order valence-corrected chi connectivity index (χ1v) is 15.2. The van der Waals surface area contributed by atoms with E-state index in [9.17, 15) is 9.59 Å². The summed E-state index contributed by atoms with van der Waals surface area (Å²) in [6.45, 7) is 4.16. The normalized spacial score (nSPS) is 21.6. The van der Waals surface area contributed by atoms with E-state index in [0.29, 0.717) is 40.1 Å². The Hall–Kier alpha value is -2.00. The number of amides is 1. The molecule has 0 atom stereocenters. The smallest absolute Gasteiger partial charge is 0.344 e. The van der Waals surface area contributed by atoms with Crippen molar-refractivity contribution in [2.24, 2.45) is 4.99 Å². The van der Waals surface area contributed by atoms with Crippen molar-refractivity contribution >= 4 is 50.8 Å². The van der Waals surface area contributed by atoms with E-state index >= 15 is 0 Å². The lowest BCUT2D eigenvalue weighted by atomic mass is 9.94. The molecule has 3 fully saturated rings. The van der Waals surface area contributed by atoms with Crippen LogP contribution >= 0.6 is 27.7 Å². The summed E-state index contributed by atoms with van der Waals surface area (Å²) in [5, 5.41) is 0.869. The molecule has 0 radical (unpaired) electrons. The highest BCUT2D eigenvalue weighted by molar-refractivity contribution is 9.10. The van der Waals surface area contributed by atoms with Crippen molar-refractivity contribution in [3.05, 3.63) is 27.1 Å². The zero-order valence-electron chi connectivity index (χ0n) is 21.8. The van der Waals surface area contributed by atoms with E-state index in [-0.39, 0.29) is 18.6 Å². The third-order valence-corrected chi connectivity index (χ3v) is 8.50. The average Bonchev–Trinajstić information content (AvgIpc) is 3.19. The molecule has 0 N–H and O–H groups in total. The Balaban J connectivity index is 1.61. The summed E-state index contributed by atoms with van der Waals surface area (Å²) >= 11 is 5.06. The average molecular weight is 594 g/mol. The van der Waals surface area contributed by atoms with Gasteiger partial charge in [0.2, 0.25) is 0 Å². The zero-order valence-corrected chi connectivity index (χ0v) is 24.2. The second-order valence-electron chi connectivity index (χ2n) is 9.64. The van der Waals surface area contributed by atoms with Gasteiger partial charge < -0.3 is 14.2 Å². The number of amidine groups is 1. The molecule has 1 aromatic rings. The van der Waals surface area contributed by atoms with Crippen LogP contribution in [0.4, 0.5) is 0 Å². The van der Waals surface area contributed by atoms with E-state index in [2.05, 4.69) is 15.9 Å². The summed E-state index contributed by atoms with van der Waals surface area (Å²) in [5.41, 5.74) is 0.817. The maximum atomic E-state index is 13.7. The van der Waals surface area contributed by atoms with E-state index in [4.69, 9.17) is 19.2 Å². The molecule has 1 aromatic carbocycles. The zero-order chi connectivity index (χ0) is 26.2. The van der Waals surface area contributed by atoms with Gasteiger partial charge in [-0.3, -0.25) is 14.7 Å². The third kappa shape index (κ3) is 7.31. The lowest BCUT2D eigenvalue weighted by molar-refractivity contribution is -0.145. The summed E-state index contributed by atoms with van der Waals surface area (Å²) in [6, 6.07) is 4.26. The van der Waals surface area contributed by atoms with Gasteiger partial charge in [0.15, 0.2) is 23.3 Å². The fraction of sp³-hybridized carbons (Fsp3) is 0.607. The highest BCUT2D eigenvalue weighted by Crippen LogP contribution is 2.41. The quantitative estimate of drug-likeness (QED) is 0.234. The molecule has 2 saturated carbocycles. The molecular formula is C28H37BrN2O5S. The van der Waals surface area contributed by atoms with E-state index in [1.54, 1.807) is 6.92 Å². The van der Waals surface area contributed by atoms with Crippen molar-refractivity contribution in [1.82, 2.24) is 4.90 Å². The second-order valence-corrected chi connectivity index (χ2v) is 11.5. The number of rotatable bonds is 9. The number of halogens is 1. The Labute approximate surface area is 232 Å². The molecule has 1 amide bonds. The molecule has 3 aliphatic rings. The molecular weight excluding hydrogens is 556 g/mol. The van der Waals surface area contributed by atoms with Crippen LogP contribution < -0.4 is 9.47 Å². The molecule has 9 heteroatoms. The lowest BCUT2D eigenvalue weighted by Crippen LogP contribution is -2.41. The van der Waals surface area contributed by atoms with Gasteiger partial charge in [0.1, 0.15) is 0 Å². The number of esters is 1. The fourth-order valence-electron chi connectivity index (χ4n) is 5.16. The van der Waals surface area contributed by atoms with E-state index in [1.807, 2.05) is 30.0 Å². The Morgan fingerprint density at radius 1 is 1.05 bits per heavy atom. The molecule has 0 bridgehead atoms. The van der Waals surface area contributed by atoms with Gasteiger partial charge in [-0.05, 0) is 91.0 Å². The summed E-state index contributed by atoms with van der Waals surface area (Å²) < 4.78 is 17.1. The van der Waals surface area contributed by atoms with Crippen molar-refractivity contribution < 1.29 is 23.8 Å². The number of hydrogen-bond acceptors (Lipinski definition) is 7. The lowest BCUT2D eigenvalue weighted by Gasteiger charge is -2.31. The fourth-order valence-corrected chi connectivity index (χ4v) is 6.85. The Morgan fingerprint density at radius 2 is 1.76 bits per heavy atom. The maximum absolute atomic E-state index is 13.7. The van der Waals surface area contributed by atoms with Crippen LogP contribution in [0.25, 0.3) is 6.08 Å². The molecule has 37 heavy (non-hydrogen) atoms. The minimum atomic E-state index is -0.441. The highest BCUT2D eigenvalue weighted by atomic mass is 79.9. The molecule has 0 aromatic heterocycles. The molecule has 1 aliphatic heterocycles. The van der Waals surface area contributed by atoms with Crippen molar-refractivity contribution in [2.75, 3.05) is 19.8 Å². The van der Waals surface area contributed by atoms with Gasteiger partial charge in [0.05, 0.1) is 28.6 Å². The molecule has 0 spiro atoms. The third-order valence-electron chi connectivity index (χ3n) is 6.91. The van der Waals surface area contributed by atoms with Crippen molar-refractivity contribution in [3.63, 3.8) is 0 Å². The van der Waals surface area contributed by atoms with Crippen LogP contribution in [0, 0.1) is 0 Å². The Morgan fingerprint density at radius 3 is 2.43 bits per heavy atom. The summed E-state index contributed by atoms with van der Waals surface area (Å²) in [7, 11) is 0. The number of hydrogen-bond donors (Lipinski definition) is 0. The number of thioether (sulfide) groups is 1. The monoisotopic (exact) mass is 592 g/mol. The van der Waals surface area contributed by atoms with E-state index < -0.39 is 5.97 Å². The predicted octanol–water partition coefficient (Wildman–Crippen LogP) is 6.73. The number of carbonyl (C=O) groups excluding carboxylic acids is 2. The highest BCUT2D eigenvalue weighted by Gasteiger charge is 2.39. The molecule has 7 nitrogen and oxygen atoms in total. The van der Waals surface area contributed by atoms with Crippen molar-refractivity contribution in [3.8, 4) is 11.5 Å². The predicted molar refractivity (Wildman–Crippen MR) is 151 cm³/mol. The van der Waals surface area contributed by atoms with Gasteiger partial charge in [-0.15, -0.1) is 0 Å². The molecule has 1 saturated heterocycles. The van der Waals surface area contributed by atoms with Gasteiger partial charge >= 0.3 is 5.97 Å². The molecule has 0 unspecified atom stereocenters. The van der Waals surface area contributed by atoms with Crippen LogP contribution in [-0.4, -0.2) is 53.8 Å². The Bertz CT molecular complexity index is 1030. The van der Waals surface area contributed by atoms with Crippen molar-refractivity contribution in [1.29, 1.82) is 0 Å². The topological polar surface area (TPSA) is 77.4 Å². The molecule has 4 rings (SSSR count). The van der Waals surface area contributed by atoms with Gasteiger partial charge in [-0.1, -0.05) is 38.5 Å². The summed E-state index contributed by atoms with van der Waals surface area (Å²) in [6.07, 6.45) is 13.5. The minimum absolute atomic E-state index is 0.0446. The van der Waals surface area contributed by atoms with Crippen LogP contribution in [0.2, 0.25) is 0 Å². The van der Waals surface area contributed by atoms with Crippen LogP contribution in [0.1, 0.15) is 83.6 Å². The number of carbonyl (C=O) groups is 2. The summed E-state index contributed by atoms with van der Waals surface area (Å²) in [5.74, 6) is 0.543. The van der Waals surface area contributed by atoms with Gasteiger partial charge in [0, 0.05) is 6.04 Å². The summed E-state index contributed by atoms with van der Waals surface area (Å²) in [4.78, 5) is 33.3. The molecule has 2 aliphatic carbocycles. The number of benzene rings is 1.